The summed E-state index contributed by atoms with van der Waals surface area (Å²) in [6, 6.07) is 4.02. The van der Waals surface area contributed by atoms with Gasteiger partial charge in [0.1, 0.15) is 11.5 Å². The number of fused-ring (bicyclic) bond motifs is 1. The van der Waals surface area contributed by atoms with Gasteiger partial charge in [-0.3, -0.25) is 9.36 Å². The van der Waals surface area contributed by atoms with Crippen molar-refractivity contribution in [3.63, 3.8) is 0 Å². The minimum Gasteiger partial charge on any atom is -0.382 e. The van der Waals surface area contributed by atoms with E-state index in [1.807, 2.05) is 19.9 Å². The first-order valence-electron chi connectivity index (χ1n) is 10.2. The van der Waals surface area contributed by atoms with E-state index in [1.54, 1.807) is 18.8 Å². The summed E-state index contributed by atoms with van der Waals surface area (Å²) < 4.78 is 12.2. The van der Waals surface area contributed by atoms with Crippen molar-refractivity contribution in [3.05, 3.63) is 44.3 Å². The lowest BCUT2D eigenvalue weighted by Crippen LogP contribution is -2.35. The normalized spacial score (nSPS) is 13.2. The highest BCUT2D eigenvalue weighted by Crippen LogP contribution is 2.34. The van der Waals surface area contributed by atoms with Crippen LogP contribution in [0.5, 0.6) is 0 Å². The Kier molecular flexibility index (Phi) is 7.33. The maximum atomic E-state index is 13.4. The van der Waals surface area contributed by atoms with Gasteiger partial charge >= 0.3 is 0 Å². The Morgan fingerprint density at radius 2 is 1.83 bits per heavy atom. The molecule has 6 nitrogen and oxygen atoms in total. The van der Waals surface area contributed by atoms with Crippen molar-refractivity contribution in [3.8, 4) is 11.4 Å². The van der Waals surface area contributed by atoms with Gasteiger partial charge in [0, 0.05) is 26.3 Å². The predicted molar refractivity (Wildman–Crippen MR) is 117 cm³/mol. The van der Waals surface area contributed by atoms with Crippen molar-refractivity contribution < 1.29 is 9.47 Å². The number of hydrogen-bond acceptors (Lipinski definition) is 5. The number of aryl methyl sites for hydroxylation is 3. The van der Waals surface area contributed by atoms with Crippen molar-refractivity contribution in [1.29, 1.82) is 0 Å². The lowest BCUT2D eigenvalue weighted by Gasteiger charge is -2.22. The second-order valence-corrected chi connectivity index (χ2v) is 7.77. The lowest BCUT2D eigenvalue weighted by molar-refractivity contribution is 0.126. The van der Waals surface area contributed by atoms with Gasteiger partial charge in [-0.15, -0.1) is 0 Å². The number of rotatable bonds is 9. The number of nitrogens with one attached hydrogen (secondary N) is 1. The second kappa shape index (κ2) is 9.74. The summed E-state index contributed by atoms with van der Waals surface area (Å²) in [5, 5.41) is 3.95. The van der Waals surface area contributed by atoms with Crippen molar-refractivity contribution in [2.75, 3.05) is 32.8 Å². The molecule has 29 heavy (non-hydrogen) atoms. The zero-order chi connectivity index (χ0) is 21.0. The van der Waals surface area contributed by atoms with E-state index in [1.165, 1.54) is 11.1 Å². The van der Waals surface area contributed by atoms with Crippen LogP contribution in [0.25, 0.3) is 11.4 Å². The van der Waals surface area contributed by atoms with Crippen LogP contribution in [-0.2, 0) is 35.3 Å². The van der Waals surface area contributed by atoms with Gasteiger partial charge in [0.05, 0.1) is 30.0 Å². The molecule has 3 rings (SSSR count). The molecule has 0 atom stereocenters. The van der Waals surface area contributed by atoms with Crippen molar-refractivity contribution in [2.24, 2.45) is 0 Å². The molecule has 1 aliphatic carbocycles. The van der Waals surface area contributed by atoms with E-state index in [0.29, 0.717) is 42.7 Å². The fourth-order valence-electron chi connectivity index (χ4n) is 4.00. The van der Waals surface area contributed by atoms with Crippen LogP contribution in [0.1, 0.15) is 37.1 Å². The van der Waals surface area contributed by atoms with E-state index in [4.69, 9.17) is 26.1 Å². The summed E-state index contributed by atoms with van der Waals surface area (Å²) in [6.45, 7) is 5.32. The van der Waals surface area contributed by atoms with Gasteiger partial charge in [-0.05, 0) is 55.9 Å². The van der Waals surface area contributed by atoms with Crippen LogP contribution in [0.4, 0.5) is 5.69 Å². The summed E-state index contributed by atoms with van der Waals surface area (Å²) in [4.78, 5) is 18.3. The highest BCUT2D eigenvalue weighted by atomic mass is 35.5. The quantitative estimate of drug-likeness (QED) is 0.671. The molecule has 0 bridgehead atoms. The summed E-state index contributed by atoms with van der Waals surface area (Å²) in [5.74, 6) is 0.634. The molecule has 0 amide bonds. The number of methoxy groups -OCH3 is 2. The summed E-state index contributed by atoms with van der Waals surface area (Å²) >= 11 is 6.62. The Balaban J connectivity index is 2.11. The zero-order valence-electron chi connectivity index (χ0n) is 17.7. The van der Waals surface area contributed by atoms with Crippen LogP contribution in [0, 0.1) is 0 Å². The molecule has 158 valence electrons. The molecule has 1 N–H and O–H groups in total. The highest BCUT2D eigenvalue weighted by Gasteiger charge is 2.22. The number of aromatic nitrogens is 2. The standard InChI is InChI=1S/C22H30ClN3O3/c1-5-19-20(24-16(12-28-3)13-29-4)22(27)26(6-2)21(25-19)17-10-14-8-7-9-15(14)11-18(17)23/h10-11,16,24H,5-9,12-13H2,1-4H3. The summed E-state index contributed by atoms with van der Waals surface area (Å²) in [5.41, 5.74) is 4.58. The number of benzene rings is 1. The van der Waals surface area contributed by atoms with Gasteiger partial charge in [-0.2, -0.15) is 0 Å². The van der Waals surface area contributed by atoms with Crippen molar-refractivity contribution in [1.82, 2.24) is 9.55 Å². The van der Waals surface area contributed by atoms with Gasteiger partial charge in [-0.25, -0.2) is 4.98 Å². The number of hydrogen-bond donors (Lipinski definition) is 1. The fourth-order valence-corrected chi connectivity index (χ4v) is 4.27. The van der Waals surface area contributed by atoms with E-state index in [-0.39, 0.29) is 11.6 Å². The Labute approximate surface area is 177 Å². The van der Waals surface area contributed by atoms with E-state index in [0.717, 1.165) is 30.5 Å². The Hall–Kier alpha value is -1.89. The average molecular weight is 420 g/mol. The second-order valence-electron chi connectivity index (χ2n) is 7.37. The summed E-state index contributed by atoms with van der Waals surface area (Å²) in [6.07, 6.45) is 3.88. The van der Waals surface area contributed by atoms with Crippen molar-refractivity contribution in [2.45, 2.75) is 52.1 Å². The minimum atomic E-state index is -0.135. The molecule has 1 aromatic carbocycles. The molecule has 0 fully saturated rings. The number of anilines is 1. The van der Waals surface area contributed by atoms with Gasteiger partial charge < -0.3 is 14.8 Å². The fraction of sp³-hybridized carbons (Fsp3) is 0.545. The number of halogens is 1. The molecule has 0 radical (unpaired) electrons. The first kappa shape index (κ1) is 21.8. The maximum Gasteiger partial charge on any atom is 0.277 e. The van der Waals surface area contributed by atoms with Crippen LogP contribution in [0.2, 0.25) is 5.02 Å². The molecule has 2 aromatic rings. The zero-order valence-corrected chi connectivity index (χ0v) is 18.4. The van der Waals surface area contributed by atoms with Crippen LogP contribution in [-0.4, -0.2) is 43.0 Å². The lowest BCUT2D eigenvalue weighted by atomic mass is 10.1. The monoisotopic (exact) mass is 419 g/mol. The molecule has 0 saturated heterocycles. The van der Waals surface area contributed by atoms with Crippen LogP contribution < -0.4 is 10.9 Å². The first-order chi connectivity index (χ1) is 14.0. The Morgan fingerprint density at radius 1 is 1.17 bits per heavy atom. The third-order valence-corrected chi connectivity index (χ3v) is 5.71. The van der Waals surface area contributed by atoms with E-state index >= 15 is 0 Å². The largest absolute Gasteiger partial charge is 0.382 e. The average Bonchev–Trinajstić information content (AvgIpc) is 3.16. The Bertz CT molecular complexity index is 920. The third-order valence-electron chi connectivity index (χ3n) is 5.40. The van der Waals surface area contributed by atoms with E-state index < -0.39 is 0 Å². The molecule has 0 saturated carbocycles. The molecule has 7 heteroatoms. The molecule has 1 aromatic heterocycles. The first-order valence-corrected chi connectivity index (χ1v) is 10.6. The third kappa shape index (κ3) is 4.49. The Morgan fingerprint density at radius 3 is 2.41 bits per heavy atom. The topological polar surface area (TPSA) is 65.4 Å². The van der Waals surface area contributed by atoms with Crippen molar-refractivity contribution >= 4 is 17.3 Å². The number of ether oxygens (including phenoxy) is 2. The van der Waals surface area contributed by atoms with Gasteiger partial charge in [0.2, 0.25) is 0 Å². The smallest absolute Gasteiger partial charge is 0.277 e. The molecule has 1 aliphatic rings. The van der Waals surface area contributed by atoms with Gasteiger partial charge in [0.25, 0.3) is 5.56 Å². The van der Waals surface area contributed by atoms with Crippen LogP contribution >= 0.6 is 11.6 Å². The predicted octanol–water partition coefficient (Wildman–Crippen LogP) is 3.71. The highest BCUT2D eigenvalue weighted by molar-refractivity contribution is 6.33. The van der Waals surface area contributed by atoms with Gasteiger partial charge in [-0.1, -0.05) is 18.5 Å². The molecule has 1 heterocycles. The van der Waals surface area contributed by atoms with Crippen LogP contribution in [0.3, 0.4) is 0 Å². The SMILES string of the molecule is CCc1nc(-c2cc3c(cc2Cl)CCC3)n(CC)c(=O)c1NC(COC)COC. The maximum absolute atomic E-state index is 13.4. The number of nitrogens with zero attached hydrogens (tertiary/aromatic N) is 2. The van der Waals surface area contributed by atoms with Gasteiger partial charge in [0.15, 0.2) is 0 Å². The molecule has 0 aliphatic heterocycles. The summed E-state index contributed by atoms with van der Waals surface area (Å²) in [7, 11) is 3.26. The van der Waals surface area contributed by atoms with E-state index in [9.17, 15) is 4.79 Å². The van der Waals surface area contributed by atoms with E-state index in [2.05, 4.69) is 11.4 Å². The molecular formula is C22H30ClN3O3. The van der Waals surface area contributed by atoms with Crippen LogP contribution in [0.15, 0.2) is 16.9 Å². The molecule has 0 unspecified atom stereocenters. The minimum absolute atomic E-state index is 0.0943. The molecule has 0 spiro atoms. The molecular weight excluding hydrogens is 390 g/mol.